The summed E-state index contributed by atoms with van der Waals surface area (Å²) in [6, 6.07) is 0. The Morgan fingerprint density at radius 2 is 1.50 bits per heavy atom. The number of esters is 1. The minimum Gasteiger partial charge on any atom is -0.469 e. The molecule has 0 spiro atoms. The van der Waals surface area contributed by atoms with Gasteiger partial charge < -0.3 is 15.4 Å². The van der Waals surface area contributed by atoms with Crippen LogP contribution in [0.1, 0.15) is 60.8 Å². The molecule has 120 valence electrons. The summed E-state index contributed by atoms with van der Waals surface area (Å²) in [5, 5.41) is 6.14. The molecule has 0 rings (SSSR count). The molecule has 0 aliphatic rings. The number of methoxy groups -OCH3 is 1. The maximum Gasteiger partial charge on any atom is 0.306 e. The van der Waals surface area contributed by atoms with Crippen LogP contribution in [0.3, 0.4) is 0 Å². The molecule has 0 aliphatic carbocycles. The second kappa shape index (κ2) is 9.75. The van der Waals surface area contributed by atoms with Gasteiger partial charge in [-0.15, -0.1) is 0 Å². The average Bonchev–Trinajstić information content (AvgIpc) is 2.36. The molecule has 0 aromatic carbocycles. The maximum atomic E-state index is 11.7. The van der Waals surface area contributed by atoms with Gasteiger partial charge in [0.1, 0.15) is 0 Å². The first-order valence-electron chi connectivity index (χ1n) is 7.18. The van der Waals surface area contributed by atoms with Gasteiger partial charge in [-0.05, 0) is 41.2 Å². The van der Waals surface area contributed by atoms with E-state index in [2.05, 4.69) is 29.2 Å². The molecule has 0 radical (unpaired) electrons. The molecule has 0 aromatic heterocycles. The van der Waals surface area contributed by atoms with Crippen LogP contribution in [0.5, 0.6) is 0 Å². The predicted molar refractivity (Wildman–Crippen MR) is 82.6 cm³/mol. The number of hydrogen-bond acceptors (Lipinski definition) is 4. The lowest BCUT2D eigenvalue weighted by molar-refractivity contribution is -0.142. The van der Waals surface area contributed by atoms with Crippen molar-refractivity contribution in [2.24, 2.45) is 0 Å². The van der Waals surface area contributed by atoms with Crippen molar-refractivity contribution in [1.82, 2.24) is 10.6 Å². The largest absolute Gasteiger partial charge is 0.469 e. The van der Waals surface area contributed by atoms with Crippen molar-refractivity contribution < 1.29 is 14.3 Å². The minimum absolute atomic E-state index is 0.0564. The first-order valence-corrected chi connectivity index (χ1v) is 7.18. The molecule has 0 saturated carbocycles. The molecule has 20 heavy (non-hydrogen) atoms. The van der Waals surface area contributed by atoms with Crippen LogP contribution >= 0.6 is 0 Å². The predicted octanol–water partition coefficient (Wildman–Crippen LogP) is 2.25. The lowest BCUT2D eigenvalue weighted by Gasteiger charge is -2.35. The number of carbonyl (C=O) groups excluding carboxylic acids is 2. The molecule has 0 atom stereocenters. The van der Waals surface area contributed by atoms with Crippen LogP contribution in [0.2, 0.25) is 0 Å². The summed E-state index contributed by atoms with van der Waals surface area (Å²) in [5.74, 6) is -0.490. The summed E-state index contributed by atoms with van der Waals surface area (Å²) >= 11 is 0. The molecule has 1 amide bonds. The van der Waals surface area contributed by atoms with Crippen LogP contribution in [-0.2, 0) is 14.3 Å². The van der Waals surface area contributed by atoms with Crippen LogP contribution in [0.25, 0.3) is 0 Å². The molecule has 0 aromatic rings. The Labute approximate surface area is 123 Å². The van der Waals surface area contributed by atoms with Crippen LogP contribution in [0.15, 0.2) is 0 Å². The molecule has 0 aliphatic heterocycles. The average molecular weight is 288 g/mol. The van der Waals surface area contributed by atoms with Crippen molar-refractivity contribution in [3.63, 3.8) is 0 Å². The van der Waals surface area contributed by atoms with E-state index in [9.17, 15) is 9.59 Å². The molecule has 0 unspecified atom stereocenters. The van der Waals surface area contributed by atoms with Gasteiger partial charge in [-0.2, -0.15) is 0 Å². The smallest absolute Gasteiger partial charge is 0.306 e. The Morgan fingerprint density at radius 1 is 1.00 bits per heavy atom. The number of nitrogens with one attached hydrogen (secondary N) is 2. The SMILES string of the molecule is CC.CNC(C)(C)CC(C)(C)NC(=O)CCC(=O)OC. The number of amides is 1. The highest BCUT2D eigenvalue weighted by Crippen LogP contribution is 2.19. The lowest BCUT2D eigenvalue weighted by Crippen LogP contribution is -2.51. The molecular weight excluding hydrogens is 256 g/mol. The first-order chi connectivity index (χ1) is 9.12. The topological polar surface area (TPSA) is 67.4 Å². The highest BCUT2D eigenvalue weighted by atomic mass is 16.5. The van der Waals surface area contributed by atoms with Crippen LogP contribution in [-0.4, -0.2) is 37.1 Å². The van der Waals surface area contributed by atoms with Gasteiger partial charge in [0.25, 0.3) is 0 Å². The summed E-state index contributed by atoms with van der Waals surface area (Å²) in [7, 11) is 3.22. The van der Waals surface area contributed by atoms with E-state index >= 15 is 0 Å². The van der Waals surface area contributed by atoms with Gasteiger partial charge in [-0.3, -0.25) is 9.59 Å². The second-order valence-corrected chi connectivity index (χ2v) is 5.82. The van der Waals surface area contributed by atoms with Gasteiger partial charge in [0.2, 0.25) is 5.91 Å². The third-order valence-corrected chi connectivity index (χ3v) is 2.82. The highest BCUT2D eigenvalue weighted by molar-refractivity contribution is 5.81. The molecule has 0 saturated heterocycles. The fourth-order valence-electron chi connectivity index (χ4n) is 2.00. The number of carbonyl (C=O) groups is 2. The zero-order valence-corrected chi connectivity index (χ0v) is 14.3. The van der Waals surface area contributed by atoms with E-state index in [1.54, 1.807) is 0 Å². The summed E-state index contributed by atoms with van der Waals surface area (Å²) in [4.78, 5) is 22.7. The van der Waals surface area contributed by atoms with Crippen LogP contribution in [0.4, 0.5) is 0 Å². The molecule has 0 fully saturated rings. The van der Waals surface area contributed by atoms with Crippen molar-refractivity contribution in [1.29, 1.82) is 0 Å². The minimum atomic E-state index is -0.362. The third-order valence-electron chi connectivity index (χ3n) is 2.82. The van der Waals surface area contributed by atoms with E-state index in [0.717, 1.165) is 6.42 Å². The quantitative estimate of drug-likeness (QED) is 0.705. The number of hydrogen-bond donors (Lipinski definition) is 2. The lowest BCUT2D eigenvalue weighted by atomic mass is 9.87. The number of rotatable bonds is 7. The van der Waals surface area contributed by atoms with Crippen molar-refractivity contribution >= 4 is 11.9 Å². The Morgan fingerprint density at radius 3 is 1.90 bits per heavy atom. The molecule has 0 heterocycles. The van der Waals surface area contributed by atoms with Gasteiger partial charge >= 0.3 is 5.97 Å². The Bertz CT molecular complexity index is 299. The third kappa shape index (κ3) is 10.8. The van der Waals surface area contributed by atoms with Gasteiger partial charge in [-0.25, -0.2) is 0 Å². The van der Waals surface area contributed by atoms with E-state index in [1.807, 2.05) is 34.7 Å². The first kappa shape index (κ1) is 21.2. The summed E-state index contributed by atoms with van der Waals surface area (Å²) < 4.78 is 4.50. The van der Waals surface area contributed by atoms with E-state index < -0.39 is 0 Å². The summed E-state index contributed by atoms with van der Waals surface area (Å²) in [5.41, 5.74) is -0.376. The van der Waals surface area contributed by atoms with Gasteiger partial charge in [0.15, 0.2) is 0 Å². The van der Waals surface area contributed by atoms with Gasteiger partial charge in [-0.1, -0.05) is 13.8 Å². The van der Waals surface area contributed by atoms with Crippen LogP contribution < -0.4 is 10.6 Å². The fourth-order valence-corrected chi connectivity index (χ4v) is 2.00. The van der Waals surface area contributed by atoms with Crippen molar-refractivity contribution in [2.75, 3.05) is 14.2 Å². The molecule has 0 bridgehead atoms. The monoisotopic (exact) mass is 288 g/mol. The Hall–Kier alpha value is -1.10. The van der Waals surface area contributed by atoms with Gasteiger partial charge in [0, 0.05) is 17.5 Å². The Balaban J connectivity index is 0. The van der Waals surface area contributed by atoms with Crippen molar-refractivity contribution in [3.05, 3.63) is 0 Å². The van der Waals surface area contributed by atoms with E-state index in [0.29, 0.717) is 0 Å². The van der Waals surface area contributed by atoms with E-state index in [4.69, 9.17) is 0 Å². The van der Waals surface area contributed by atoms with Crippen LogP contribution in [0, 0.1) is 0 Å². The summed E-state index contributed by atoms with van der Waals surface area (Å²) in [6.07, 6.45) is 1.07. The highest BCUT2D eigenvalue weighted by Gasteiger charge is 2.28. The normalized spacial score (nSPS) is 11.2. The zero-order valence-electron chi connectivity index (χ0n) is 14.3. The molecular formula is C15H32N2O3. The maximum absolute atomic E-state index is 11.7. The standard InChI is InChI=1S/C13H26N2O3.C2H6/c1-12(2,14-5)9-13(3,4)15-10(16)7-8-11(17)18-6;1-2/h14H,7-9H2,1-6H3,(H,15,16);1-2H3. The van der Waals surface area contributed by atoms with E-state index in [-0.39, 0.29) is 35.8 Å². The number of ether oxygens (including phenoxy) is 1. The van der Waals surface area contributed by atoms with Crippen molar-refractivity contribution in [3.8, 4) is 0 Å². The molecule has 5 nitrogen and oxygen atoms in total. The Kier molecular flexibility index (Phi) is 10.3. The van der Waals surface area contributed by atoms with Gasteiger partial charge in [0.05, 0.1) is 13.5 Å². The van der Waals surface area contributed by atoms with Crippen molar-refractivity contribution in [2.45, 2.75) is 71.9 Å². The molecule has 5 heteroatoms. The molecule has 2 N–H and O–H groups in total. The zero-order chi connectivity index (χ0) is 16.4. The van der Waals surface area contributed by atoms with E-state index in [1.165, 1.54) is 7.11 Å². The second-order valence-electron chi connectivity index (χ2n) is 5.82. The summed E-state index contributed by atoms with van der Waals surface area (Å²) in [6.45, 7) is 12.1. The fraction of sp³-hybridized carbons (Fsp3) is 0.867.